The number of aromatic nitrogens is 7. The van der Waals surface area contributed by atoms with Crippen molar-refractivity contribution >= 4 is 17.0 Å². The number of nitrogens with zero attached hydrogens (tertiary/aromatic N) is 7. The highest BCUT2D eigenvalue weighted by atomic mass is 16.5. The highest BCUT2D eigenvalue weighted by molar-refractivity contribution is 5.83. The highest BCUT2D eigenvalue weighted by Gasteiger charge is 2.49. The predicted molar refractivity (Wildman–Crippen MR) is 110 cm³/mol. The molecule has 0 aromatic carbocycles. The van der Waals surface area contributed by atoms with Crippen LogP contribution in [0.15, 0.2) is 6.33 Å². The zero-order valence-electron chi connectivity index (χ0n) is 17.4. The maximum atomic E-state index is 10.3. The number of nitrogen functional groups attached to an aromatic ring is 1. The van der Waals surface area contributed by atoms with E-state index in [9.17, 15) is 15.3 Å². The Morgan fingerprint density at radius 3 is 2.69 bits per heavy atom. The van der Waals surface area contributed by atoms with Crippen molar-refractivity contribution in [2.75, 3.05) is 18.9 Å². The maximum absolute atomic E-state index is 10.3. The first kappa shape index (κ1) is 20.0. The van der Waals surface area contributed by atoms with Crippen LogP contribution < -0.4 is 5.73 Å². The molecular formula is C20H26N8O4. The van der Waals surface area contributed by atoms with Crippen molar-refractivity contribution < 1.29 is 20.1 Å². The molecule has 2 aliphatic carbocycles. The third-order valence-electron chi connectivity index (χ3n) is 7.34. The number of imidazole rings is 1. The summed E-state index contributed by atoms with van der Waals surface area (Å²) in [6, 6.07) is 0. The first-order valence-electron chi connectivity index (χ1n) is 11.1. The van der Waals surface area contributed by atoms with E-state index in [4.69, 9.17) is 15.5 Å². The number of hydrogen-bond acceptors (Lipinski definition) is 10. The first-order chi connectivity index (χ1) is 15.6. The Kier molecular flexibility index (Phi) is 4.64. The predicted octanol–water partition coefficient (Wildman–Crippen LogP) is -0.637. The van der Waals surface area contributed by atoms with Crippen LogP contribution in [0.3, 0.4) is 0 Å². The molecule has 3 unspecified atom stereocenters. The van der Waals surface area contributed by atoms with E-state index in [0.717, 1.165) is 37.1 Å². The summed E-state index contributed by atoms with van der Waals surface area (Å²) in [7, 11) is 0. The smallest absolute Gasteiger partial charge is 0.237 e. The molecule has 4 heterocycles. The lowest BCUT2D eigenvalue weighted by Gasteiger charge is -2.17. The number of rotatable bonds is 4. The number of aliphatic hydroxyl groups is 3. The molecule has 1 aliphatic heterocycles. The molecule has 32 heavy (non-hydrogen) atoms. The average Bonchev–Trinajstić information content (AvgIpc) is 3.09. The van der Waals surface area contributed by atoms with Crippen molar-refractivity contribution in [3.05, 3.63) is 17.7 Å². The van der Waals surface area contributed by atoms with Gasteiger partial charge in [0.1, 0.15) is 18.7 Å². The Hall–Kier alpha value is -2.67. The Morgan fingerprint density at radius 1 is 1.12 bits per heavy atom. The van der Waals surface area contributed by atoms with E-state index in [1.165, 1.54) is 6.33 Å². The fourth-order valence-electron chi connectivity index (χ4n) is 5.56. The molecule has 170 valence electrons. The van der Waals surface area contributed by atoms with Gasteiger partial charge in [0.2, 0.25) is 5.95 Å². The van der Waals surface area contributed by atoms with Crippen molar-refractivity contribution in [3.8, 4) is 5.95 Å². The Balaban J connectivity index is 1.45. The third-order valence-corrected chi connectivity index (χ3v) is 7.34. The molecule has 3 aromatic rings. The normalized spacial score (nSPS) is 31.8. The summed E-state index contributed by atoms with van der Waals surface area (Å²) in [5.41, 5.74) is 8.89. The number of anilines is 1. The molecule has 0 spiro atoms. The van der Waals surface area contributed by atoms with Gasteiger partial charge in [-0.2, -0.15) is 4.68 Å². The Morgan fingerprint density at radius 2 is 1.94 bits per heavy atom. The molecular weight excluding hydrogens is 416 g/mol. The molecule has 1 saturated heterocycles. The summed E-state index contributed by atoms with van der Waals surface area (Å²) < 4.78 is 9.41. The number of hydrogen-bond donors (Lipinski definition) is 4. The molecule has 5 N–H and O–H groups in total. The highest BCUT2D eigenvalue weighted by Crippen LogP contribution is 2.52. The summed E-state index contributed by atoms with van der Waals surface area (Å²) in [5, 5.41) is 38.4. The fraction of sp³-hybridized carbons (Fsp3) is 0.650. The van der Waals surface area contributed by atoms with Crippen molar-refractivity contribution in [2.45, 2.75) is 50.5 Å². The molecule has 3 aliphatic rings. The zero-order valence-corrected chi connectivity index (χ0v) is 17.4. The van der Waals surface area contributed by atoms with Gasteiger partial charge < -0.3 is 25.8 Å². The molecule has 0 amide bonds. The van der Waals surface area contributed by atoms with E-state index in [-0.39, 0.29) is 25.5 Å². The Bertz CT molecular complexity index is 1160. The molecule has 6 atom stereocenters. The maximum Gasteiger partial charge on any atom is 0.237 e. The molecule has 2 fully saturated rings. The van der Waals surface area contributed by atoms with Crippen LogP contribution in [-0.4, -0.2) is 75.3 Å². The second-order valence-corrected chi connectivity index (χ2v) is 8.97. The van der Waals surface area contributed by atoms with Gasteiger partial charge in [0.15, 0.2) is 17.0 Å². The molecule has 6 rings (SSSR count). The van der Waals surface area contributed by atoms with E-state index in [1.54, 1.807) is 9.25 Å². The van der Waals surface area contributed by atoms with Crippen LogP contribution in [0.4, 0.5) is 5.82 Å². The molecule has 1 saturated carbocycles. The van der Waals surface area contributed by atoms with E-state index in [2.05, 4.69) is 20.3 Å². The second-order valence-electron chi connectivity index (χ2n) is 8.97. The minimum Gasteiger partial charge on any atom is -0.396 e. The van der Waals surface area contributed by atoms with Gasteiger partial charge in [-0.15, -0.1) is 5.10 Å². The lowest BCUT2D eigenvalue weighted by Crippen LogP contribution is -2.24. The number of aliphatic hydroxyl groups excluding tert-OH is 3. The largest absolute Gasteiger partial charge is 0.396 e. The molecule has 3 aromatic heterocycles. The second kappa shape index (κ2) is 7.44. The standard InChI is InChI=1S/C20H26N8O4/c21-18-17-19(23-8-22-18)27(16-5-14(31)15(7-30)32-16)20(24-17)28-13-4-2-10-9(11(10)6-29)1-3-12(13)25-26-28/h8-11,14-16,29-31H,1-7H2,(H2,21,22,23)/t9-,10+,11-,14?,15?,16?/m0/s1. The van der Waals surface area contributed by atoms with Crippen LogP contribution in [0.5, 0.6) is 0 Å². The van der Waals surface area contributed by atoms with Gasteiger partial charge in [0, 0.05) is 13.0 Å². The molecule has 12 nitrogen and oxygen atoms in total. The number of ether oxygens (including phenoxy) is 1. The van der Waals surface area contributed by atoms with Crippen LogP contribution >= 0.6 is 0 Å². The summed E-state index contributed by atoms with van der Waals surface area (Å²) in [6.45, 7) is -0.0452. The van der Waals surface area contributed by atoms with Crippen molar-refractivity contribution in [2.24, 2.45) is 17.8 Å². The van der Waals surface area contributed by atoms with Crippen molar-refractivity contribution in [1.82, 2.24) is 34.5 Å². The lowest BCUT2D eigenvalue weighted by molar-refractivity contribution is -0.0433. The summed E-state index contributed by atoms with van der Waals surface area (Å²) in [6.07, 6.45) is 3.07. The summed E-state index contributed by atoms with van der Waals surface area (Å²) >= 11 is 0. The minimum absolute atomic E-state index is 0.238. The molecule has 12 heteroatoms. The lowest BCUT2D eigenvalue weighted by atomic mass is 10.0. The number of aryl methyl sites for hydroxylation is 1. The fourth-order valence-corrected chi connectivity index (χ4v) is 5.56. The third kappa shape index (κ3) is 2.94. The van der Waals surface area contributed by atoms with Gasteiger partial charge in [0.05, 0.1) is 24.1 Å². The van der Waals surface area contributed by atoms with Gasteiger partial charge in [-0.1, -0.05) is 5.21 Å². The van der Waals surface area contributed by atoms with Gasteiger partial charge in [-0.3, -0.25) is 4.57 Å². The van der Waals surface area contributed by atoms with Crippen LogP contribution in [-0.2, 0) is 17.6 Å². The molecule has 0 radical (unpaired) electrons. The van der Waals surface area contributed by atoms with E-state index in [0.29, 0.717) is 34.9 Å². The van der Waals surface area contributed by atoms with Gasteiger partial charge in [-0.05, 0) is 43.4 Å². The van der Waals surface area contributed by atoms with Gasteiger partial charge >= 0.3 is 0 Å². The van der Waals surface area contributed by atoms with Crippen LogP contribution in [0.25, 0.3) is 17.1 Å². The minimum atomic E-state index is -0.812. The topological polar surface area (TPSA) is 170 Å². The van der Waals surface area contributed by atoms with E-state index < -0.39 is 18.4 Å². The van der Waals surface area contributed by atoms with E-state index >= 15 is 0 Å². The van der Waals surface area contributed by atoms with Gasteiger partial charge in [-0.25, -0.2) is 15.0 Å². The average molecular weight is 442 g/mol. The quantitative estimate of drug-likeness (QED) is 0.407. The van der Waals surface area contributed by atoms with Crippen molar-refractivity contribution in [3.63, 3.8) is 0 Å². The summed E-state index contributed by atoms with van der Waals surface area (Å²) in [4.78, 5) is 13.1. The SMILES string of the molecule is Nc1ncnc2c1nc(-n1nnc3c1CC[C@H]1[C@@H](CO)[C@H]1CC3)n2C1CC(O)C(CO)O1. The Labute approximate surface area is 183 Å². The van der Waals surface area contributed by atoms with Crippen LogP contribution in [0.1, 0.15) is 36.9 Å². The number of fused-ring (bicyclic) bond motifs is 3. The number of nitrogens with two attached hydrogens (primary N) is 1. The van der Waals surface area contributed by atoms with Crippen LogP contribution in [0.2, 0.25) is 0 Å². The first-order valence-corrected chi connectivity index (χ1v) is 11.1. The van der Waals surface area contributed by atoms with Crippen molar-refractivity contribution in [1.29, 1.82) is 0 Å². The summed E-state index contributed by atoms with van der Waals surface area (Å²) in [5.74, 6) is 2.19. The van der Waals surface area contributed by atoms with Gasteiger partial charge in [0.25, 0.3) is 0 Å². The zero-order chi connectivity index (χ0) is 22.0. The molecule has 0 bridgehead atoms. The van der Waals surface area contributed by atoms with Crippen LogP contribution in [0, 0.1) is 17.8 Å². The monoisotopic (exact) mass is 442 g/mol. The van der Waals surface area contributed by atoms with E-state index in [1.807, 2.05) is 0 Å².